The first-order chi connectivity index (χ1) is 25.8. The van der Waals surface area contributed by atoms with Gasteiger partial charge in [0.15, 0.2) is 0 Å². The van der Waals surface area contributed by atoms with E-state index in [1.165, 1.54) is 44.1 Å². The van der Waals surface area contributed by atoms with Gasteiger partial charge in [0, 0.05) is 33.7 Å². The lowest BCUT2D eigenvalue weighted by atomic mass is 9.98. The van der Waals surface area contributed by atoms with E-state index in [1.807, 2.05) is 0 Å². The van der Waals surface area contributed by atoms with Gasteiger partial charge in [0.1, 0.15) is 0 Å². The van der Waals surface area contributed by atoms with Gasteiger partial charge in [-0.15, -0.1) is 0 Å². The fourth-order valence-electron chi connectivity index (χ4n) is 7.29. The summed E-state index contributed by atoms with van der Waals surface area (Å²) < 4.78 is 2.42. The van der Waals surface area contributed by atoms with Gasteiger partial charge in [0.2, 0.25) is 0 Å². The molecule has 0 aliphatic carbocycles. The monoisotopic (exact) mass is 664 g/mol. The molecule has 52 heavy (non-hydrogen) atoms. The average Bonchev–Trinajstić information content (AvgIpc) is 3.56. The number of nitrogens with zero attached hydrogens (tertiary/aromatic N) is 2. The van der Waals surface area contributed by atoms with E-state index in [0.29, 0.717) is 0 Å². The molecule has 0 fully saturated rings. The van der Waals surface area contributed by atoms with Gasteiger partial charge in [0.05, 0.1) is 11.2 Å². The molecule has 2 nitrogen and oxygen atoms in total. The van der Waals surface area contributed by atoms with Crippen LogP contribution in [0.5, 0.6) is 0 Å². The molecule has 0 atom stereocenters. The molecule has 1 heterocycles. The van der Waals surface area contributed by atoms with E-state index in [-0.39, 0.29) is 0 Å². The highest BCUT2D eigenvalue weighted by molar-refractivity contribution is 6.06. The highest BCUT2D eigenvalue weighted by Gasteiger charge is 2.21. The van der Waals surface area contributed by atoms with Crippen molar-refractivity contribution in [3.8, 4) is 28.1 Å². The maximum Gasteiger partial charge on any atom is 0.0619 e. The van der Waals surface area contributed by atoms with Crippen molar-refractivity contribution in [1.29, 1.82) is 0 Å². The average molecular weight is 665 g/mol. The number of hydrogen-bond acceptors (Lipinski definition) is 1. The van der Waals surface area contributed by atoms with Crippen LogP contribution in [0.25, 0.3) is 61.9 Å². The normalized spacial score (nSPS) is 11.4. The molecule has 2 heteroatoms. The van der Waals surface area contributed by atoms with Crippen LogP contribution in [-0.4, -0.2) is 4.57 Å². The SMILES string of the molecule is C(=Cc1ccc2c(-c3ccccc3)c(-c3ccccc3)n(-c3ccccc3)c2c1)c1ccc(N(c2ccccc2)c2ccc3ccccc3c2)cc1. The third-order valence-corrected chi connectivity index (χ3v) is 9.74. The molecule has 0 saturated carbocycles. The Morgan fingerprint density at radius 3 is 1.63 bits per heavy atom. The molecular weight excluding hydrogens is 629 g/mol. The number of para-hydroxylation sites is 2. The molecule has 0 aliphatic heterocycles. The smallest absolute Gasteiger partial charge is 0.0619 e. The van der Waals surface area contributed by atoms with Crippen LogP contribution >= 0.6 is 0 Å². The van der Waals surface area contributed by atoms with Crippen molar-refractivity contribution in [3.05, 3.63) is 217 Å². The maximum atomic E-state index is 2.42. The van der Waals surface area contributed by atoms with Crippen molar-refractivity contribution >= 4 is 50.9 Å². The van der Waals surface area contributed by atoms with Crippen LogP contribution in [-0.2, 0) is 0 Å². The van der Waals surface area contributed by atoms with Gasteiger partial charge in [-0.2, -0.15) is 0 Å². The highest BCUT2D eigenvalue weighted by atomic mass is 15.1. The van der Waals surface area contributed by atoms with E-state index < -0.39 is 0 Å². The Kier molecular flexibility index (Phi) is 8.24. The summed E-state index contributed by atoms with van der Waals surface area (Å²) in [5.74, 6) is 0. The van der Waals surface area contributed by atoms with Crippen LogP contribution in [0.4, 0.5) is 17.1 Å². The number of benzene rings is 8. The summed E-state index contributed by atoms with van der Waals surface area (Å²) >= 11 is 0. The Morgan fingerprint density at radius 1 is 0.385 bits per heavy atom. The summed E-state index contributed by atoms with van der Waals surface area (Å²) in [6, 6.07) is 73.7. The summed E-state index contributed by atoms with van der Waals surface area (Å²) in [5.41, 5.74) is 12.8. The number of anilines is 3. The first-order valence-electron chi connectivity index (χ1n) is 17.8. The Labute approximate surface area is 304 Å². The van der Waals surface area contributed by atoms with E-state index in [9.17, 15) is 0 Å². The Bertz CT molecular complexity index is 2640. The van der Waals surface area contributed by atoms with Gasteiger partial charge in [0.25, 0.3) is 0 Å². The standard InChI is InChI=1S/C50H36N2/c1-5-16-40(17-6-1)49-47-34-29-38(35-48(47)52(44-23-11-4-12-24-44)50(49)41-18-7-2-8-19-41)26-25-37-27-31-45(32-28-37)51(43-21-9-3-10-22-43)46-33-30-39-15-13-14-20-42(39)36-46/h1-36H. The molecule has 246 valence electrons. The minimum absolute atomic E-state index is 1.11. The zero-order chi connectivity index (χ0) is 34.7. The molecule has 0 N–H and O–H groups in total. The van der Waals surface area contributed by atoms with Gasteiger partial charge in [-0.1, -0.05) is 164 Å². The van der Waals surface area contributed by atoms with Crippen LogP contribution in [0.3, 0.4) is 0 Å². The van der Waals surface area contributed by atoms with Crippen LogP contribution in [0.2, 0.25) is 0 Å². The summed E-state index contributed by atoms with van der Waals surface area (Å²) in [6.45, 7) is 0. The lowest BCUT2D eigenvalue weighted by Gasteiger charge is -2.26. The highest BCUT2D eigenvalue weighted by Crippen LogP contribution is 2.43. The Morgan fingerprint density at radius 2 is 0.923 bits per heavy atom. The summed E-state index contributed by atoms with van der Waals surface area (Å²) in [4.78, 5) is 2.32. The number of fused-ring (bicyclic) bond motifs is 2. The molecule has 9 rings (SSSR count). The second-order valence-corrected chi connectivity index (χ2v) is 13.0. The Hall–Kier alpha value is -6.90. The molecule has 0 amide bonds. The van der Waals surface area contributed by atoms with Crippen molar-refractivity contribution in [3.63, 3.8) is 0 Å². The third-order valence-electron chi connectivity index (χ3n) is 9.74. The second-order valence-electron chi connectivity index (χ2n) is 13.0. The molecule has 8 aromatic carbocycles. The van der Waals surface area contributed by atoms with Gasteiger partial charge in [-0.25, -0.2) is 0 Å². The molecular formula is C50H36N2. The Balaban J connectivity index is 1.11. The number of hydrogen-bond donors (Lipinski definition) is 0. The first-order valence-corrected chi connectivity index (χ1v) is 17.8. The first kappa shape index (κ1) is 31.1. The van der Waals surface area contributed by atoms with E-state index in [4.69, 9.17) is 0 Å². The summed E-state index contributed by atoms with van der Waals surface area (Å²) in [6.07, 6.45) is 4.43. The lowest BCUT2D eigenvalue weighted by Crippen LogP contribution is -2.09. The van der Waals surface area contributed by atoms with Crippen molar-refractivity contribution in [2.75, 3.05) is 4.90 Å². The molecule has 0 unspecified atom stereocenters. The number of aromatic nitrogens is 1. The van der Waals surface area contributed by atoms with Crippen molar-refractivity contribution in [2.24, 2.45) is 0 Å². The number of rotatable bonds is 8. The maximum absolute atomic E-state index is 2.42. The zero-order valence-corrected chi connectivity index (χ0v) is 28.7. The van der Waals surface area contributed by atoms with Crippen molar-refractivity contribution in [2.45, 2.75) is 0 Å². The van der Waals surface area contributed by atoms with Gasteiger partial charge >= 0.3 is 0 Å². The molecule has 1 aromatic heterocycles. The topological polar surface area (TPSA) is 8.17 Å². The minimum Gasteiger partial charge on any atom is -0.310 e. The van der Waals surface area contributed by atoms with Gasteiger partial charge < -0.3 is 9.47 Å². The molecule has 0 spiro atoms. The largest absolute Gasteiger partial charge is 0.310 e. The molecule has 0 radical (unpaired) electrons. The quantitative estimate of drug-likeness (QED) is 0.147. The van der Waals surface area contributed by atoms with E-state index >= 15 is 0 Å². The van der Waals surface area contributed by atoms with Crippen LogP contribution in [0, 0.1) is 0 Å². The fraction of sp³-hybridized carbons (Fsp3) is 0. The lowest BCUT2D eigenvalue weighted by molar-refractivity contribution is 1.13. The van der Waals surface area contributed by atoms with E-state index in [2.05, 4.69) is 228 Å². The van der Waals surface area contributed by atoms with Crippen molar-refractivity contribution in [1.82, 2.24) is 4.57 Å². The van der Waals surface area contributed by atoms with Crippen LogP contribution < -0.4 is 4.90 Å². The predicted octanol–water partition coefficient (Wildman–Crippen LogP) is 13.8. The molecule has 0 aliphatic rings. The third kappa shape index (κ3) is 5.97. The predicted molar refractivity (Wildman–Crippen MR) is 222 cm³/mol. The van der Waals surface area contributed by atoms with Gasteiger partial charge in [-0.05, 0) is 87.6 Å². The summed E-state index contributed by atoms with van der Waals surface area (Å²) in [5, 5.41) is 3.69. The van der Waals surface area contributed by atoms with Crippen LogP contribution in [0.1, 0.15) is 11.1 Å². The zero-order valence-electron chi connectivity index (χ0n) is 28.7. The van der Waals surface area contributed by atoms with Crippen LogP contribution in [0.15, 0.2) is 206 Å². The minimum atomic E-state index is 1.11. The fourth-order valence-corrected chi connectivity index (χ4v) is 7.29. The van der Waals surface area contributed by atoms with Gasteiger partial charge in [-0.3, -0.25) is 0 Å². The molecule has 0 saturated heterocycles. The molecule has 9 aromatic rings. The van der Waals surface area contributed by atoms with E-state index in [0.717, 1.165) is 33.9 Å². The molecule has 0 bridgehead atoms. The second kappa shape index (κ2) is 13.8. The van der Waals surface area contributed by atoms with Crippen molar-refractivity contribution < 1.29 is 0 Å². The van der Waals surface area contributed by atoms with E-state index in [1.54, 1.807) is 0 Å². The summed E-state index contributed by atoms with van der Waals surface area (Å²) in [7, 11) is 0.